The second-order valence-electron chi connectivity index (χ2n) is 5.46. The van der Waals surface area contributed by atoms with Gasteiger partial charge in [-0.3, -0.25) is 0 Å². The molecule has 2 N–H and O–H groups in total. The van der Waals surface area contributed by atoms with E-state index < -0.39 is 0 Å². The van der Waals surface area contributed by atoms with Gasteiger partial charge in [0, 0.05) is 19.6 Å². The average molecular weight is 314 g/mol. The summed E-state index contributed by atoms with van der Waals surface area (Å²) >= 11 is 0. The minimum Gasteiger partial charge on any atom is -0.357 e. The fourth-order valence-corrected chi connectivity index (χ4v) is 2.26. The topological polar surface area (TPSA) is 67.1 Å². The third-order valence-electron chi connectivity index (χ3n) is 3.62. The number of unbranched alkanes of at least 4 members (excludes halogenated alkanes) is 1. The predicted octanol–water partition coefficient (Wildman–Crippen LogP) is 2.12. The van der Waals surface area contributed by atoms with Crippen LogP contribution in [0.2, 0.25) is 0 Å². The maximum absolute atomic E-state index is 4.66. The molecule has 2 aromatic rings. The van der Waals surface area contributed by atoms with Crippen LogP contribution < -0.4 is 10.6 Å². The van der Waals surface area contributed by atoms with E-state index in [1.807, 2.05) is 4.57 Å². The van der Waals surface area contributed by atoms with E-state index in [9.17, 15) is 0 Å². The zero-order valence-electron chi connectivity index (χ0n) is 14.0. The van der Waals surface area contributed by atoms with Crippen molar-refractivity contribution in [3.8, 4) is 0 Å². The SMILES string of the molecule is CCNC(=NCc1ccccc1C)NCCCCn1cnnc1. The van der Waals surface area contributed by atoms with Crippen molar-refractivity contribution in [2.75, 3.05) is 13.1 Å². The first kappa shape index (κ1) is 17.0. The number of nitrogens with zero attached hydrogens (tertiary/aromatic N) is 4. The Morgan fingerprint density at radius 2 is 1.91 bits per heavy atom. The van der Waals surface area contributed by atoms with Crippen LogP contribution in [0, 0.1) is 6.92 Å². The highest BCUT2D eigenvalue weighted by atomic mass is 15.2. The Morgan fingerprint density at radius 1 is 1.13 bits per heavy atom. The normalized spacial score (nSPS) is 11.5. The summed E-state index contributed by atoms with van der Waals surface area (Å²) in [6.07, 6.45) is 5.66. The fraction of sp³-hybridized carbons (Fsp3) is 0.471. The second kappa shape index (κ2) is 9.61. The van der Waals surface area contributed by atoms with Crippen molar-refractivity contribution in [3.63, 3.8) is 0 Å². The van der Waals surface area contributed by atoms with Gasteiger partial charge in [-0.2, -0.15) is 0 Å². The van der Waals surface area contributed by atoms with Gasteiger partial charge in [-0.25, -0.2) is 4.99 Å². The van der Waals surface area contributed by atoms with E-state index in [2.05, 4.69) is 63.9 Å². The lowest BCUT2D eigenvalue weighted by Gasteiger charge is -2.11. The number of aromatic nitrogens is 3. The summed E-state index contributed by atoms with van der Waals surface area (Å²) in [6.45, 7) is 7.61. The smallest absolute Gasteiger partial charge is 0.191 e. The van der Waals surface area contributed by atoms with E-state index in [0.717, 1.165) is 38.4 Å². The lowest BCUT2D eigenvalue weighted by atomic mass is 10.1. The van der Waals surface area contributed by atoms with Crippen molar-refractivity contribution in [2.45, 2.75) is 39.8 Å². The Hall–Kier alpha value is -2.37. The predicted molar refractivity (Wildman–Crippen MR) is 93.3 cm³/mol. The van der Waals surface area contributed by atoms with Gasteiger partial charge in [0.2, 0.25) is 0 Å². The molecule has 0 amide bonds. The van der Waals surface area contributed by atoms with Crippen molar-refractivity contribution >= 4 is 5.96 Å². The fourth-order valence-electron chi connectivity index (χ4n) is 2.26. The molecule has 0 spiro atoms. The Morgan fingerprint density at radius 3 is 2.65 bits per heavy atom. The summed E-state index contributed by atoms with van der Waals surface area (Å²) in [4.78, 5) is 4.66. The first-order chi connectivity index (χ1) is 11.3. The largest absolute Gasteiger partial charge is 0.357 e. The van der Waals surface area contributed by atoms with Gasteiger partial charge in [-0.05, 0) is 37.8 Å². The maximum atomic E-state index is 4.66. The molecular formula is C17H26N6. The van der Waals surface area contributed by atoms with Crippen molar-refractivity contribution in [2.24, 2.45) is 4.99 Å². The van der Waals surface area contributed by atoms with Crippen LogP contribution in [0.1, 0.15) is 30.9 Å². The lowest BCUT2D eigenvalue weighted by Crippen LogP contribution is -2.37. The van der Waals surface area contributed by atoms with E-state index in [4.69, 9.17) is 0 Å². The summed E-state index contributed by atoms with van der Waals surface area (Å²) in [6, 6.07) is 8.36. The van der Waals surface area contributed by atoms with Gasteiger partial charge in [0.25, 0.3) is 0 Å². The Kier molecular flexibility index (Phi) is 7.10. The van der Waals surface area contributed by atoms with E-state index in [0.29, 0.717) is 6.54 Å². The van der Waals surface area contributed by atoms with Gasteiger partial charge >= 0.3 is 0 Å². The maximum Gasteiger partial charge on any atom is 0.191 e. The molecule has 1 heterocycles. The third-order valence-corrected chi connectivity index (χ3v) is 3.62. The zero-order chi connectivity index (χ0) is 16.3. The summed E-state index contributed by atoms with van der Waals surface area (Å²) in [5.74, 6) is 0.875. The second-order valence-corrected chi connectivity index (χ2v) is 5.46. The molecule has 1 aromatic carbocycles. The highest BCUT2D eigenvalue weighted by Gasteiger charge is 1.99. The van der Waals surface area contributed by atoms with E-state index >= 15 is 0 Å². The van der Waals surface area contributed by atoms with Crippen molar-refractivity contribution < 1.29 is 0 Å². The van der Waals surface area contributed by atoms with Crippen LogP contribution in [0.5, 0.6) is 0 Å². The van der Waals surface area contributed by atoms with Gasteiger partial charge in [-0.1, -0.05) is 24.3 Å². The molecule has 0 aliphatic carbocycles. The lowest BCUT2D eigenvalue weighted by molar-refractivity contribution is 0.598. The highest BCUT2D eigenvalue weighted by Crippen LogP contribution is 2.07. The summed E-state index contributed by atoms with van der Waals surface area (Å²) in [5, 5.41) is 14.3. The van der Waals surface area contributed by atoms with Crippen LogP contribution in [0.3, 0.4) is 0 Å². The summed E-state index contributed by atoms with van der Waals surface area (Å²) in [5.41, 5.74) is 2.54. The quantitative estimate of drug-likeness (QED) is 0.445. The number of benzene rings is 1. The molecule has 0 aliphatic rings. The standard InChI is InChI=1S/C17H26N6/c1-3-18-17(20-12-16-9-5-4-8-15(16)2)19-10-6-7-11-23-13-21-22-14-23/h4-5,8-9,13-14H,3,6-7,10-12H2,1-2H3,(H2,18,19,20). The first-order valence-electron chi connectivity index (χ1n) is 8.18. The Bertz CT molecular complexity index is 591. The molecule has 0 atom stereocenters. The van der Waals surface area contributed by atoms with Crippen LogP contribution in [-0.4, -0.2) is 33.8 Å². The van der Waals surface area contributed by atoms with Crippen LogP contribution in [0.15, 0.2) is 41.9 Å². The summed E-state index contributed by atoms with van der Waals surface area (Å²) < 4.78 is 2.00. The van der Waals surface area contributed by atoms with Crippen LogP contribution in [-0.2, 0) is 13.1 Å². The van der Waals surface area contributed by atoms with Crippen LogP contribution >= 0.6 is 0 Å². The van der Waals surface area contributed by atoms with Crippen LogP contribution in [0.25, 0.3) is 0 Å². The first-order valence-corrected chi connectivity index (χ1v) is 8.18. The number of aliphatic imine (C=N–C) groups is 1. The molecule has 124 valence electrons. The molecular weight excluding hydrogens is 288 g/mol. The summed E-state index contributed by atoms with van der Waals surface area (Å²) in [7, 11) is 0. The van der Waals surface area contributed by atoms with Crippen molar-refractivity contribution in [3.05, 3.63) is 48.0 Å². The molecule has 2 rings (SSSR count). The molecule has 0 radical (unpaired) electrons. The number of guanidine groups is 1. The van der Waals surface area contributed by atoms with Gasteiger partial charge in [0.15, 0.2) is 5.96 Å². The van der Waals surface area contributed by atoms with Crippen LogP contribution in [0.4, 0.5) is 0 Å². The van der Waals surface area contributed by atoms with Gasteiger partial charge in [-0.15, -0.1) is 10.2 Å². The molecule has 1 aromatic heterocycles. The van der Waals surface area contributed by atoms with E-state index in [1.54, 1.807) is 12.7 Å². The minimum atomic E-state index is 0.697. The van der Waals surface area contributed by atoms with E-state index in [1.165, 1.54) is 11.1 Å². The molecule has 6 nitrogen and oxygen atoms in total. The zero-order valence-corrected chi connectivity index (χ0v) is 14.0. The molecule has 0 fully saturated rings. The minimum absolute atomic E-state index is 0.697. The molecule has 23 heavy (non-hydrogen) atoms. The monoisotopic (exact) mass is 314 g/mol. The number of rotatable bonds is 8. The molecule has 0 aliphatic heterocycles. The number of nitrogens with one attached hydrogen (secondary N) is 2. The van der Waals surface area contributed by atoms with Crippen molar-refractivity contribution in [1.29, 1.82) is 0 Å². The van der Waals surface area contributed by atoms with Gasteiger partial charge in [0.1, 0.15) is 12.7 Å². The van der Waals surface area contributed by atoms with Crippen molar-refractivity contribution in [1.82, 2.24) is 25.4 Å². The Labute approximate surface area is 138 Å². The highest BCUT2D eigenvalue weighted by molar-refractivity contribution is 5.79. The Balaban J connectivity index is 1.74. The third kappa shape index (κ3) is 6.10. The molecule has 0 saturated carbocycles. The molecule has 6 heteroatoms. The molecule has 0 saturated heterocycles. The number of hydrogen-bond acceptors (Lipinski definition) is 3. The van der Waals surface area contributed by atoms with Gasteiger partial charge in [0.05, 0.1) is 6.54 Å². The van der Waals surface area contributed by atoms with Gasteiger partial charge < -0.3 is 15.2 Å². The number of hydrogen-bond donors (Lipinski definition) is 2. The number of aryl methyl sites for hydroxylation is 2. The molecule has 0 bridgehead atoms. The average Bonchev–Trinajstić information content (AvgIpc) is 3.07. The van der Waals surface area contributed by atoms with E-state index in [-0.39, 0.29) is 0 Å². The molecule has 0 unspecified atom stereocenters.